The summed E-state index contributed by atoms with van der Waals surface area (Å²) in [6.45, 7) is 1.95. The summed E-state index contributed by atoms with van der Waals surface area (Å²) >= 11 is 0. The quantitative estimate of drug-likeness (QED) is 0.617. The molecular formula is C12H11N5O3. The maximum absolute atomic E-state index is 12.2. The molecule has 3 aromatic heterocycles. The first-order chi connectivity index (χ1) is 9.65. The van der Waals surface area contributed by atoms with Gasteiger partial charge in [0.1, 0.15) is 5.56 Å². The summed E-state index contributed by atoms with van der Waals surface area (Å²) < 4.78 is 7.42. The fraction of sp³-hybridized carbons (Fsp3) is 0.250. The predicted molar refractivity (Wildman–Crippen MR) is 69.5 cm³/mol. The van der Waals surface area contributed by atoms with Gasteiger partial charge in [-0.1, -0.05) is 5.21 Å². The van der Waals surface area contributed by atoms with Gasteiger partial charge < -0.3 is 4.74 Å². The molecule has 8 nitrogen and oxygen atoms in total. The molecule has 3 aromatic rings. The number of esters is 1. The number of aryl methyl sites for hydroxylation is 1. The molecule has 102 valence electrons. The lowest BCUT2D eigenvalue weighted by atomic mass is 10.2. The average Bonchev–Trinajstić information content (AvgIpc) is 2.78. The van der Waals surface area contributed by atoms with Crippen LogP contribution in [0, 0.1) is 0 Å². The normalized spacial score (nSPS) is 11.1. The first kappa shape index (κ1) is 12.3. The number of rotatable bonds is 2. The third kappa shape index (κ3) is 1.58. The van der Waals surface area contributed by atoms with Crippen LogP contribution in [-0.2, 0) is 11.8 Å². The number of carbonyl (C=O) groups excluding carboxylic acids is 1. The molecule has 0 saturated carbocycles. The molecule has 0 bridgehead atoms. The monoisotopic (exact) mass is 273 g/mol. The largest absolute Gasteiger partial charge is 0.462 e. The van der Waals surface area contributed by atoms with E-state index in [1.807, 2.05) is 0 Å². The molecule has 0 N–H and O–H groups in total. The van der Waals surface area contributed by atoms with Crippen molar-refractivity contribution < 1.29 is 9.53 Å². The highest BCUT2D eigenvalue weighted by Crippen LogP contribution is 2.23. The van der Waals surface area contributed by atoms with Crippen molar-refractivity contribution in [3.05, 3.63) is 34.5 Å². The summed E-state index contributed by atoms with van der Waals surface area (Å²) in [6, 6.07) is 1.65. The predicted octanol–water partition coefficient (Wildman–Crippen LogP) is 0.153. The van der Waals surface area contributed by atoms with Crippen molar-refractivity contribution in [2.45, 2.75) is 6.92 Å². The molecule has 20 heavy (non-hydrogen) atoms. The van der Waals surface area contributed by atoms with Crippen LogP contribution >= 0.6 is 0 Å². The summed E-state index contributed by atoms with van der Waals surface area (Å²) in [7, 11) is 1.49. The minimum atomic E-state index is -0.534. The van der Waals surface area contributed by atoms with E-state index < -0.39 is 11.7 Å². The number of hydrogen-bond acceptors (Lipinski definition) is 6. The third-order valence-corrected chi connectivity index (χ3v) is 2.97. The number of fused-ring (bicyclic) bond motifs is 3. The number of carbonyl (C=O) groups is 1. The second-order valence-electron chi connectivity index (χ2n) is 4.14. The van der Waals surface area contributed by atoms with Crippen LogP contribution in [0.15, 0.2) is 23.3 Å². The number of aromatic nitrogens is 5. The van der Waals surface area contributed by atoms with Gasteiger partial charge in [0.25, 0.3) is 0 Å². The second-order valence-corrected chi connectivity index (χ2v) is 4.14. The molecule has 3 rings (SSSR count). The SMILES string of the molecule is CCOC(=O)c1c2ccncc2n2c(=O)n(C)nnc12. The topological polar surface area (TPSA) is 91.4 Å². The Morgan fingerprint density at radius 1 is 1.45 bits per heavy atom. The van der Waals surface area contributed by atoms with Crippen LogP contribution in [0.1, 0.15) is 17.3 Å². The molecule has 8 heteroatoms. The van der Waals surface area contributed by atoms with Crippen molar-refractivity contribution in [3.63, 3.8) is 0 Å². The molecule has 0 aliphatic carbocycles. The first-order valence-corrected chi connectivity index (χ1v) is 6.00. The van der Waals surface area contributed by atoms with Crippen LogP contribution in [0.5, 0.6) is 0 Å². The zero-order valence-electron chi connectivity index (χ0n) is 10.9. The summed E-state index contributed by atoms with van der Waals surface area (Å²) in [4.78, 5) is 28.3. The molecule has 0 amide bonds. The van der Waals surface area contributed by atoms with Crippen molar-refractivity contribution in [3.8, 4) is 0 Å². The highest BCUT2D eigenvalue weighted by molar-refractivity contribution is 6.10. The molecule has 0 spiro atoms. The molecule has 3 heterocycles. The van der Waals surface area contributed by atoms with E-state index in [1.54, 1.807) is 19.2 Å². The standard InChI is InChI=1S/C12H11N5O3/c1-3-20-11(18)9-7-4-5-13-6-8(7)17-10(9)14-15-16(2)12(17)19/h4-6H,3H2,1-2H3. The maximum atomic E-state index is 12.2. The van der Waals surface area contributed by atoms with E-state index in [4.69, 9.17) is 4.74 Å². The van der Waals surface area contributed by atoms with Crippen LogP contribution < -0.4 is 5.69 Å². The summed E-state index contributed by atoms with van der Waals surface area (Å²) in [6.07, 6.45) is 3.05. The lowest BCUT2D eigenvalue weighted by Gasteiger charge is -2.00. The van der Waals surface area contributed by atoms with Gasteiger partial charge in [0.05, 0.1) is 18.3 Å². The Balaban J connectivity index is 2.52. The van der Waals surface area contributed by atoms with Gasteiger partial charge in [0, 0.05) is 18.6 Å². The zero-order chi connectivity index (χ0) is 14.3. The summed E-state index contributed by atoms with van der Waals surface area (Å²) in [5.74, 6) is -0.534. The Hall–Kier alpha value is -2.77. The van der Waals surface area contributed by atoms with Crippen LogP contribution in [0.25, 0.3) is 16.6 Å². The van der Waals surface area contributed by atoms with Crippen molar-refractivity contribution >= 4 is 22.5 Å². The van der Waals surface area contributed by atoms with Gasteiger partial charge in [-0.15, -0.1) is 5.10 Å². The van der Waals surface area contributed by atoms with Crippen LogP contribution in [0.2, 0.25) is 0 Å². The summed E-state index contributed by atoms with van der Waals surface area (Å²) in [5, 5.41) is 8.21. The van der Waals surface area contributed by atoms with Crippen LogP contribution in [0.4, 0.5) is 0 Å². The molecule has 0 saturated heterocycles. The second kappa shape index (κ2) is 4.41. The molecule has 0 unspecified atom stereocenters. The Morgan fingerprint density at radius 2 is 2.25 bits per heavy atom. The van der Waals surface area contributed by atoms with Gasteiger partial charge in [-0.3, -0.25) is 4.98 Å². The number of ether oxygens (including phenoxy) is 1. The van der Waals surface area contributed by atoms with Gasteiger partial charge in [-0.05, 0) is 13.0 Å². The number of nitrogens with zero attached hydrogens (tertiary/aromatic N) is 5. The highest BCUT2D eigenvalue weighted by atomic mass is 16.5. The molecule has 0 aliphatic heterocycles. The van der Waals surface area contributed by atoms with Gasteiger partial charge in [-0.25, -0.2) is 14.0 Å². The molecule has 0 aromatic carbocycles. The van der Waals surface area contributed by atoms with Crippen molar-refractivity contribution in [2.24, 2.45) is 7.05 Å². The zero-order valence-corrected chi connectivity index (χ0v) is 10.9. The molecule has 0 radical (unpaired) electrons. The van der Waals surface area contributed by atoms with Crippen molar-refractivity contribution in [1.82, 2.24) is 24.4 Å². The third-order valence-electron chi connectivity index (χ3n) is 2.97. The Bertz CT molecular complexity index is 880. The van der Waals surface area contributed by atoms with Crippen molar-refractivity contribution in [1.29, 1.82) is 0 Å². The van der Waals surface area contributed by atoms with Gasteiger partial charge in [0.2, 0.25) is 0 Å². The maximum Gasteiger partial charge on any atom is 0.351 e. The summed E-state index contributed by atoms with van der Waals surface area (Å²) in [5.41, 5.74) is 0.508. The average molecular weight is 273 g/mol. The molecule has 0 atom stereocenters. The molecular weight excluding hydrogens is 262 g/mol. The van der Waals surface area contributed by atoms with Crippen LogP contribution in [0.3, 0.4) is 0 Å². The van der Waals surface area contributed by atoms with Crippen LogP contribution in [-0.4, -0.2) is 37.0 Å². The van der Waals surface area contributed by atoms with E-state index in [2.05, 4.69) is 15.3 Å². The first-order valence-electron chi connectivity index (χ1n) is 6.00. The Labute approximate surface area is 112 Å². The minimum absolute atomic E-state index is 0.176. The molecule has 0 aliphatic rings. The van der Waals surface area contributed by atoms with Gasteiger partial charge >= 0.3 is 11.7 Å². The van der Waals surface area contributed by atoms with E-state index in [-0.39, 0.29) is 17.8 Å². The van der Waals surface area contributed by atoms with Gasteiger partial charge in [0.15, 0.2) is 5.65 Å². The minimum Gasteiger partial charge on any atom is -0.462 e. The van der Waals surface area contributed by atoms with E-state index in [9.17, 15) is 9.59 Å². The fourth-order valence-corrected chi connectivity index (χ4v) is 2.11. The van der Waals surface area contributed by atoms with Gasteiger partial charge in [-0.2, -0.15) is 4.68 Å². The number of hydrogen-bond donors (Lipinski definition) is 0. The lowest BCUT2D eigenvalue weighted by molar-refractivity contribution is 0.0530. The Kier molecular flexibility index (Phi) is 2.70. The highest BCUT2D eigenvalue weighted by Gasteiger charge is 2.22. The lowest BCUT2D eigenvalue weighted by Crippen LogP contribution is -2.27. The fourth-order valence-electron chi connectivity index (χ4n) is 2.11. The van der Waals surface area contributed by atoms with E-state index in [0.29, 0.717) is 10.9 Å². The smallest absolute Gasteiger partial charge is 0.351 e. The van der Waals surface area contributed by atoms with Crippen molar-refractivity contribution in [2.75, 3.05) is 6.61 Å². The molecule has 0 fully saturated rings. The van der Waals surface area contributed by atoms with E-state index >= 15 is 0 Å². The Morgan fingerprint density at radius 3 is 3.00 bits per heavy atom. The van der Waals surface area contributed by atoms with E-state index in [0.717, 1.165) is 4.68 Å². The number of pyridine rings is 1. The van der Waals surface area contributed by atoms with E-state index in [1.165, 1.54) is 17.6 Å².